The van der Waals surface area contributed by atoms with E-state index in [-0.39, 0.29) is 0 Å². The van der Waals surface area contributed by atoms with E-state index in [1.807, 2.05) is 6.55 Å². The Kier molecular flexibility index (Phi) is 25.4. The highest BCUT2D eigenvalue weighted by molar-refractivity contribution is 14.1. The summed E-state index contributed by atoms with van der Waals surface area (Å²) < 4.78 is 1.34. The molecule has 176 valence electrons. The summed E-state index contributed by atoms with van der Waals surface area (Å²) in [4.78, 5) is 0. The van der Waals surface area contributed by atoms with Crippen LogP contribution in [0.25, 0.3) is 0 Å². The SMILES string of the molecule is C[Si](Cl)(Cl)CCCCCCCCCCCCCCCCCCCCCCCCI. The summed E-state index contributed by atoms with van der Waals surface area (Å²) in [7, 11) is 0. The summed E-state index contributed by atoms with van der Waals surface area (Å²) in [5, 5.41) is 0. The summed E-state index contributed by atoms with van der Waals surface area (Å²) in [5.41, 5.74) is 0. The average molecular weight is 578 g/mol. The van der Waals surface area contributed by atoms with Gasteiger partial charge in [0.15, 0.2) is 0 Å². The van der Waals surface area contributed by atoms with Crippen molar-refractivity contribution >= 4 is 51.4 Å². The molecule has 0 heterocycles. The molecule has 0 N–H and O–H groups in total. The van der Waals surface area contributed by atoms with Gasteiger partial charge in [0.2, 0.25) is 6.69 Å². The number of rotatable bonds is 24. The highest BCUT2D eigenvalue weighted by atomic mass is 127. The van der Waals surface area contributed by atoms with E-state index in [0.29, 0.717) is 0 Å². The van der Waals surface area contributed by atoms with Crippen molar-refractivity contribution in [2.75, 3.05) is 4.43 Å². The topological polar surface area (TPSA) is 0 Å². The third-order valence-corrected chi connectivity index (χ3v) is 9.13. The maximum atomic E-state index is 6.14. The minimum atomic E-state index is -1.83. The molecule has 0 aromatic rings. The van der Waals surface area contributed by atoms with Gasteiger partial charge in [-0.15, -0.1) is 22.2 Å². The van der Waals surface area contributed by atoms with Crippen molar-refractivity contribution in [3.05, 3.63) is 0 Å². The number of alkyl halides is 1. The quantitative estimate of drug-likeness (QED) is 0.0352. The average Bonchev–Trinajstić information content (AvgIpc) is 2.67. The summed E-state index contributed by atoms with van der Waals surface area (Å²) in [6, 6.07) is 1.06. The van der Waals surface area contributed by atoms with E-state index in [2.05, 4.69) is 22.6 Å². The largest absolute Gasteiger partial charge is 0.248 e. The maximum absolute atomic E-state index is 6.14. The fourth-order valence-electron chi connectivity index (χ4n) is 4.07. The lowest BCUT2D eigenvalue weighted by Gasteiger charge is -2.09. The van der Waals surface area contributed by atoms with E-state index < -0.39 is 6.69 Å². The van der Waals surface area contributed by atoms with Gasteiger partial charge in [-0.1, -0.05) is 157 Å². The molecule has 0 amide bonds. The van der Waals surface area contributed by atoms with Gasteiger partial charge in [0, 0.05) is 0 Å². The van der Waals surface area contributed by atoms with E-state index in [4.69, 9.17) is 22.2 Å². The van der Waals surface area contributed by atoms with Crippen LogP contribution in [0, 0.1) is 0 Å². The van der Waals surface area contributed by atoms with Gasteiger partial charge in [-0.2, -0.15) is 0 Å². The minimum absolute atomic E-state index is 1.06. The van der Waals surface area contributed by atoms with Crippen LogP contribution >= 0.6 is 44.7 Å². The summed E-state index contributed by atoms with van der Waals surface area (Å²) >= 11 is 14.8. The monoisotopic (exact) mass is 576 g/mol. The molecule has 29 heavy (non-hydrogen) atoms. The Morgan fingerprint density at radius 2 is 0.621 bits per heavy atom. The molecule has 0 atom stereocenters. The van der Waals surface area contributed by atoms with Crippen molar-refractivity contribution in [1.82, 2.24) is 0 Å². The lowest BCUT2D eigenvalue weighted by molar-refractivity contribution is 0.520. The van der Waals surface area contributed by atoms with Gasteiger partial charge < -0.3 is 0 Å². The Hall–Kier alpha value is 1.53. The first-order valence-corrected chi connectivity index (χ1v) is 19.3. The Bertz CT molecular complexity index is 308. The molecule has 0 aliphatic heterocycles. The molecule has 0 radical (unpaired) electrons. The zero-order valence-electron chi connectivity index (χ0n) is 19.6. The first-order valence-electron chi connectivity index (χ1n) is 13.0. The van der Waals surface area contributed by atoms with Gasteiger partial charge in [-0.3, -0.25) is 0 Å². The molecule has 0 bridgehead atoms. The highest BCUT2D eigenvalue weighted by Crippen LogP contribution is 2.23. The van der Waals surface area contributed by atoms with Crippen molar-refractivity contribution in [3.63, 3.8) is 0 Å². The molecule has 4 heteroatoms. The number of hydrogen-bond donors (Lipinski definition) is 0. The Balaban J connectivity index is 3.02. The fourth-order valence-corrected chi connectivity index (χ4v) is 6.28. The van der Waals surface area contributed by atoms with Crippen LogP contribution in [0.15, 0.2) is 0 Å². The van der Waals surface area contributed by atoms with Crippen LogP contribution in [0.5, 0.6) is 0 Å². The van der Waals surface area contributed by atoms with Crippen LogP contribution in [0.3, 0.4) is 0 Å². The normalized spacial score (nSPS) is 12.0. The van der Waals surface area contributed by atoms with E-state index >= 15 is 0 Å². The molecular weight excluding hydrogens is 526 g/mol. The summed E-state index contributed by atoms with van der Waals surface area (Å²) in [6.45, 7) is 0.205. The fraction of sp³-hybridized carbons (Fsp3) is 1.00. The van der Waals surface area contributed by atoms with Crippen molar-refractivity contribution in [3.8, 4) is 0 Å². The van der Waals surface area contributed by atoms with Crippen molar-refractivity contribution in [1.29, 1.82) is 0 Å². The third kappa shape index (κ3) is 29.5. The van der Waals surface area contributed by atoms with Gasteiger partial charge in [-0.05, 0) is 23.4 Å². The van der Waals surface area contributed by atoms with Crippen molar-refractivity contribution in [2.45, 2.75) is 154 Å². The predicted octanol–water partition coefficient (Wildman–Crippen LogP) is 11.6. The molecule has 0 rings (SSSR count). The maximum Gasteiger partial charge on any atom is 0.248 e. The molecular formula is C25H51Cl2ISi. The predicted molar refractivity (Wildman–Crippen MR) is 149 cm³/mol. The zero-order valence-corrected chi connectivity index (χ0v) is 24.3. The molecule has 0 aromatic heterocycles. The van der Waals surface area contributed by atoms with E-state index in [9.17, 15) is 0 Å². The number of unbranched alkanes of at least 4 members (excludes halogenated alkanes) is 21. The molecule has 0 aliphatic rings. The third-order valence-electron chi connectivity index (χ3n) is 6.00. The van der Waals surface area contributed by atoms with Gasteiger partial charge in [0.25, 0.3) is 0 Å². The van der Waals surface area contributed by atoms with Gasteiger partial charge in [0.05, 0.1) is 0 Å². The van der Waals surface area contributed by atoms with Crippen LogP contribution in [-0.4, -0.2) is 11.1 Å². The Morgan fingerprint density at radius 1 is 0.414 bits per heavy atom. The summed E-state index contributed by atoms with van der Waals surface area (Å²) in [6.07, 6.45) is 31.7. The van der Waals surface area contributed by atoms with Crippen LogP contribution < -0.4 is 0 Å². The van der Waals surface area contributed by atoms with Gasteiger partial charge in [-0.25, -0.2) is 0 Å². The van der Waals surface area contributed by atoms with E-state index in [1.165, 1.54) is 146 Å². The molecule has 0 aliphatic carbocycles. The zero-order chi connectivity index (χ0) is 21.5. The summed E-state index contributed by atoms with van der Waals surface area (Å²) in [5.74, 6) is 0. The van der Waals surface area contributed by atoms with E-state index in [1.54, 1.807) is 0 Å². The van der Waals surface area contributed by atoms with E-state index in [0.717, 1.165) is 6.04 Å². The highest BCUT2D eigenvalue weighted by Gasteiger charge is 2.19. The molecule has 0 saturated heterocycles. The molecule has 0 saturated carbocycles. The second kappa shape index (κ2) is 24.2. The Labute approximate surface area is 208 Å². The van der Waals surface area contributed by atoms with Crippen molar-refractivity contribution in [2.24, 2.45) is 0 Å². The van der Waals surface area contributed by atoms with Gasteiger partial charge >= 0.3 is 0 Å². The Morgan fingerprint density at radius 3 is 0.828 bits per heavy atom. The lowest BCUT2D eigenvalue weighted by Crippen LogP contribution is -2.11. The first-order chi connectivity index (χ1) is 14.1. The second-order valence-electron chi connectivity index (χ2n) is 9.29. The lowest BCUT2D eigenvalue weighted by atomic mass is 10.0. The van der Waals surface area contributed by atoms with Crippen LogP contribution in [0.2, 0.25) is 12.6 Å². The number of hydrogen-bond acceptors (Lipinski definition) is 0. The minimum Gasteiger partial charge on any atom is -0.146 e. The van der Waals surface area contributed by atoms with Crippen molar-refractivity contribution < 1.29 is 0 Å². The molecule has 0 spiro atoms. The number of halogens is 3. The van der Waals surface area contributed by atoms with Gasteiger partial charge in [0.1, 0.15) is 0 Å². The molecule has 0 unspecified atom stereocenters. The smallest absolute Gasteiger partial charge is 0.146 e. The standard InChI is InChI=1S/C25H51Cl2ISi/c1-29(26,27)25-23-21-19-17-15-13-11-9-7-5-3-2-4-6-8-10-12-14-16-18-20-22-24-28/h2-25H2,1H3. The molecule has 0 fully saturated rings. The first kappa shape index (κ1) is 30.5. The second-order valence-corrected chi connectivity index (χ2v) is 18.6. The van der Waals surface area contributed by atoms with Crippen LogP contribution in [-0.2, 0) is 0 Å². The molecule has 0 aromatic carbocycles. The molecule has 0 nitrogen and oxygen atoms in total. The van der Waals surface area contributed by atoms with Crippen LogP contribution in [0.4, 0.5) is 0 Å². The van der Waals surface area contributed by atoms with Crippen LogP contribution in [0.1, 0.15) is 141 Å².